The van der Waals surface area contributed by atoms with Gasteiger partial charge in [-0.1, -0.05) is 24.3 Å². The number of H-pyrrole nitrogens is 1. The van der Waals surface area contributed by atoms with Gasteiger partial charge < -0.3 is 9.72 Å². The maximum Gasteiger partial charge on any atom is 0.252 e. The number of aromatic nitrogens is 3. The van der Waals surface area contributed by atoms with Crippen LogP contribution in [0.4, 0.5) is 0 Å². The molecule has 1 aliphatic heterocycles. The molecule has 1 saturated heterocycles. The molecule has 0 amide bonds. The fourth-order valence-electron chi connectivity index (χ4n) is 4.13. The summed E-state index contributed by atoms with van der Waals surface area (Å²) in [5.41, 5.74) is 2.68. The van der Waals surface area contributed by atoms with Gasteiger partial charge in [-0.2, -0.15) is 13.1 Å². The summed E-state index contributed by atoms with van der Waals surface area (Å²) in [4.78, 5) is 15.9. The van der Waals surface area contributed by atoms with Crippen LogP contribution < -0.4 is 5.56 Å². The molecular weight excluding hydrogens is 448 g/mol. The molecule has 0 radical (unpaired) electrons. The van der Waals surface area contributed by atoms with Crippen molar-refractivity contribution < 1.29 is 13.2 Å². The molecule has 2 aromatic heterocycles. The topological polar surface area (TPSA) is 105 Å². The molecule has 8 nitrogen and oxygen atoms in total. The van der Waals surface area contributed by atoms with Crippen molar-refractivity contribution in [3.05, 3.63) is 63.9 Å². The number of nitrogens with one attached hydrogen (secondary N) is 1. The fraction of sp³-hybridized carbons (Fsp3) is 0.318. The standard InChI is InChI=1S/C22H22N4O4S2/c1-14-5-2-6-15-11-16(22(27)23-20(14)15)12-26(13-17-7-4-10-30-17)32(28,29)19-9-3-8-18-21(19)25-31-24-18/h2-3,5-6,8-9,11,17H,4,7,10,12-13H2,1H3,(H,23,27)/t17-/m1/s1. The molecule has 1 fully saturated rings. The van der Waals surface area contributed by atoms with Crippen molar-refractivity contribution in [2.75, 3.05) is 13.2 Å². The van der Waals surface area contributed by atoms with Crippen LogP contribution in [0, 0.1) is 6.92 Å². The molecular formula is C22H22N4O4S2. The van der Waals surface area contributed by atoms with Gasteiger partial charge in [-0.25, -0.2) is 8.42 Å². The molecule has 2 aromatic carbocycles. The number of para-hydroxylation sites is 1. The summed E-state index contributed by atoms with van der Waals surface area (Å²) in [6, 6.07) is 12.4. The molecule has 0 unspecified atom stereocenters. The van der Waals surface area contributed by atoms with E-state index in [0.29, 0.717) is 23.2 Å². The molecule has 1 N–H and O–H groups in total. The minimum absolute atomic E-state index is 0.0602. The summed E-state index contributed by atoms with van der Waals surface area (Å²) in [5, 5.41) is 0.861. The number of hydrogen-bond acceptors (Lipinski definition) is 7. The normalized spacial score (nSPS) is 17.0. The van der Waals surface area contributed by atoms with Gasteiger partial charge in [-0.05, 0) is 48.9 Å². The Labute approximate surface area is 189 Å². The highest BCUT2D eigenvalue weighted by Gasteiger charge is 2.32. The van der Waals surface area contributed by atoms with Crippen LogP contribution in [0.3, 0.4) is 0 Å². The lowest BCUT2D eigenvalue weighted by Gasteiger charge is -2.25. The van der Waals surface area contributed by atoms with Gasteiger partial charge in [0.05, 0.1) is 23.3 Å². The minimum atomic E-state index is -3.96. The van der Waals surface area contributed by atoms with E-state index in [-0.39, 0.29) is 29.6 Å². The van der Waals surface area contributed by atoms with E-state index in [9.17, 15) is 13.2 Å². The summed E-state index contributed by atoms with van der Waals surface area (Å²) in [7, 11) is -3.96. The van der Waals surface area contributed by atoms with Crippen LogP contribution in [-0.2, 0) is 21.3 Å². The monoisotopic (exact) mass is 470 g/mol. The van der Waals surface area contributed by atoms with E-state index in [4.69, 9.17) is 4.74 Å². The fourth-order valence-corrected chi connectivity index (χ4v) is 6.33. The molecule has 5 rings (SSSR count). The third kappa shape index (κ3) is 3.83. The van der Waals surface area contributed by atoms with E-state index in [1.807, 2.05) is 25.1 Å². The smallest absolute Gasteiger partial charge is 0.252 e. The van der Waals surface area contributed by atoms with Crippen molar-refractivity contribution >= 4 is 43.7 Å². The molecule has 0 bridgehead atoms. The Balaban J connectivity index is 1.58. The van der Waals surface area contributed by atoms with Gasteiger partial charge in [-0.15, -0.1) is 0 Å². The van der Waals surface area contributed by atoms with E-state index >= 15 is 0 Å². The maximum absolute atomic E-state index is 13.8. The zero-order valence-electron chi connectivity index (χ0n) is 17.4. The van der Waals surface area contributed by atoms with Crippen LogP contribution in [0.15, 0.2) is 52.2 Å². The summed E-state index contributed by atoms with van der Waals surface area (Å²) in [6.45, 7) is 2.64. The Morgan fingerprint density at radius 1 is 1.22 bits per heavy atom. The number of aromatic amines is 1. The number of pyridine rings is 1. The zero-order chi connectivity index (χ0) is 22.3. The predicted molar refractivity (Wildman–Crippen MR) is 123 cm³/mol. The molecule has 32 heavy (non-hydrogen) atoms. The van der Waals surface area contributed by atoms with Gasteiger partial charge in [0.2, 0.25) is 10.0 Å². The van der Waals surface area contributed by atoms with Crippen LogP contribution >= 0.6 is 11.7 Å². The highest BCUT2D eigenvalue weighted by molar-refractivity contribution is 7.89. The second kappa shape index (κ2) is 8.36. The third-order valence-electron chi connectivity index (χ3n) is 5.81. The minimum Gasteiger partial charge on any atom is -0.377 e. The van der Waals surface area contributed by atoms with E-state index in [2.05, 4.69) is 13.7 Å². The molecule has 0 aliphatic carbocycles. The Morgan fingerprint density at radius 2 is 2.06 bits per heavy atom. The van der Waals surface area contributed by atoms with Crippen molar-refractivity contribution in [3.8, 4) is 0 Å². The zero-order valence-corrected chi connectivity index (χ0v) is 19.1. The molecule has 0 spiro atoms. The highest BCUT2D eigenvalue weighted by atomic mass is 32.2. The van der Waals surface area contributed by atoms with E-state index < -0.39 is 10.0 Å². The Kier molecular flexibility index (Phi) is 5.54. The lowest BCUT2D eigenvalue weighted by atomic mass is 10.1. The summed E-state index contributed by atoms with van der Waals surface area (Å²) in [6.07, 6.45) is 1.46. The molecule has 10 heteroatoms. The van der Waals surface area contributed by atoms with Crippen LogP contribution in [0.25, 0.3) is 21.9 Å². The van der Waals surface area contributed by atoms with Crippen LogP contribution in [0.1, 0.15) is 24.0 Å². The first-order valence-electron chi connectivity index (χ1n) is 10.4. The van der Waals surface area contributed by atoms with Gasteiger partial charge in [-0.3, -0.25) is 4.79 Å². The average molecular weight is 471 g/mol. The number of benzene rings is 2. The number of ether oxygens (including phenoxy) is 1. The number of hydrogen-bond donors (Lipinski definition) is 1. The Hall–Kier alpha value is -2.66. The van der Waals surface area contributed by atoms with E-state index in [1.54, 1.807) is 18.2 Å². The van der Waals surface area contributed by atoms with Gasteiger partial charge in [0.15, 0.2) is 0 Å². The third-order valence-corrected chi connectivity index (χ3v) is 8.20. The first-order chi connectivity index (χ1) is 15.4. The first kappa shape index (κ1) is 21.2. The van der Waals surface area contributed by atoms with Gasteiger partial charge in [0, 0.05) is 25.3 Å². The van der Waals surface area contributed by atoms with Gasteiger partial charge >= 0.3 is 0 Å². The number of rotatable bonds is 6. The van der Waals surface area contributed by atoms with Gasteiger partial charge in [0.1, 0.15) is 15.9 Å². The van der Waals surface area contributed by atoms with Crippen molar-refractivity contribution in [2.45, 2.75) is 37.3 Å². The van der Waals surface area contributed by atoms with Crippen molar-refractivity contribution in [3.63, 3.8) is 0 Å². The number of sulfonamides is 1. The molecule has 3 heterocycles. The highest BCUT2D eigenvalue weighted by Crippen LogP contribution is 2.27. The number of nitrogens with zero attached hydrogens (tertiary/aromatic N) is 3. The van der Waals surface area contributed by atoms with Crippen LogP contribution in [-0.4, -0.2) is 45.7 Å². The SMILES string of the molecule is Cc1cccc2cc(CN(C[C@H]3CCCO3)S(=O)(=O)c3cccc4nsnc34)c(=O)[nH]c12. The van der Waals surface area contributed by atoms with Gasteiger partial charge in [0.25, 0.3) is 5.56 Å². The Bertz CT molecular complexity index is 1460. The Morgan fingerprint density at radius 3 is 2.88 bits per heavy atom. The average Bonchev–Trinajstić information content (AvgIpc) is 3.46. The molecule has 1 atom stereocenters. The van der Waals surface area contributed by atoms with Crippen molar-refractivity contribution in [1.82, 2.24) is 18.0 Å². The second-order valence-corrected chi connectivity index (χ2v) is 10.4. The van der Waals surface area contributed by atoms with Crippen molar-refractivity contribution in [1.29, 1.82) is 0 Å². The molecule has 0 saturated carbocycles. The molecule has 4 aromatic rings. The van der Waals surface area contributed by atoms with Crippen LogP contribution in [0.2, 0.25) is 0 Å². The van der Waals surface area contributed by atoms with Crippen LogP contribution in [0.5, 0.6) is 0 Å². The number of aryl methyl sites for hydroxylation is 1. The van der Waals surface area contributed by atoms with E-state index in [0.717, 1.165) is 41.0 Å². The lowest BCUT2D eigenvalue weighted by molar-refractivity contribution is 0.0925. The predicted octanol–water partition coefficient (Wildman–Crippen LogP) is 3.21. The lowest BCUT2D eigenvalue weighted by Crippen LogP contribution is -2.38. The summed E-state index contributed by atoms with van der Waals surface area (Å²) >= 11 is 0.974. The number of fused-ring (bicyclic) bond motifs is 2. The molecule has 1 aliphatic rings. The molecule has 166 valence electrons. The van der Waals surface area contributed by atoms with E-state index in [1.165, 1.54) is 10.4 Å². The maximum atomic E-state index is 13.8. The largest absolute Gasteiger partial charge is 0.377 e. The quantitative estimate of drug-likeness (QED) is 0.464. The van der Waals surface area contributed by atoms with Crippen molar-refractivity contribution in [2.24, 2.45) is 0 Å². The summed E-state index contributed by atoms with van der Waals surface area (Å²) < 4.78 is 42.9. The second-order valence-electron chi connectivity index (χ2n) is 7.98. The summed E-state index contributed by atoms with van der Waals surface area (Å²) in [5.74, 6) is 0. The first-order valence-corrected chi connectivity index (χ1v) is 12.5.